The Hall–Kier alpha value is -3.42. The van der Waals surface area contributed by atoms with Crippen molar-refractivity contribution in [1.29, 1.82) is 0 Å². The molecule has 0 atom stereocenters. The standard InChI is InChI=1S/C16H15N3O5/c1-17-15(20)12-9-10(24-2)7-8-13(12)18-16(21)11-5-3-4-6-14(11)19(22)23/h3-9H,1-2H3,(H,17,20)(H,18,21). The van der Waals surface area contributed by atoms with Gasteiger partial charge in [-0.3, -0.25) is 19.7 Å². The van der Waals surface area contributed by atoms with Gasteiger partial charge in [0.05, 0.1) is 23.3 Å². The van der Waals surface area contributed by atoms with Crippen LogP contribution in [0, 0.1) is 10.1 Å². The van der Waals surface area contributed by atoms with Crippen LogP contribution >= 0.6 is 0 Å². The van der Waals surface area contributed by atoms with Crippen molar-refractivity contribution in [1.82, 2.24) is 5.32 Å². The number of hydrogen-bond acceptors (Lipinski definition) is 5. The number of carbonyl (C=O) groups is 2. The summed E-state index contributed by atoms with van der Waals surface area (Å²) in [6.45, 7) is 0. The van der Waals surface area contributed by atoms with E-state index >= 15 is 0 Å². The summed E-state index contributed by atoms with van der Waals surface area (Å²) in [5, 5.41) is 16.0. The van der Waals surface area contributed by atoms with Crippen LogP contribution in [0.2, 0.25) is 0 Å². The average Bonchev–Trinajstić information content (AvgIpc) is 2.61. The van der Waals surface area contributed by atoms with Crippen molar-refractivity contribution in [3.8, 4) is 5.75 Å². The molecule has 0 aliphatic heterocycles. The zero-order valence-corrected chi connectivity index (χ0v) is 13.0. The van der Waals surface area contributed by atoms with Gasteiger partial charge in [0.25, 0.3) is 17.5 Å². The zero-order chi connectivity index (χ0) is 17.7. The van der Waals surface area contributed by atoms with Crippen LogP contribution in [0.25, 0.3) is 0 Å². The molecule has 2 N–H and O–H groups in total. The van der Waals surface area contributed by atoms with E-state index in [1.165, 1.54) is 50.6 Å². The van der Waals surface area contributed by atoms with Gasteiger partial charge in [-0.15, -0.1) is 0 Å². The highest BCUT2D eigenvalue weighted by Gasteiger charge is 2.21. The Balaban J connectivity index is 2.39. The van der Waals surface area contributed by atoms with E-state index in [1.807, 2.05) is 0 Å². The van der Waals surface area contributed by atoms with Crippen molar-refractivity contribution in [3.63, 3.8) is 0 Å². The second-order valence-electron chi connectivity index (χ2n) is 4.72. The fraction of sp³-hybridized carbons (Fsp3) is 0.125. The molecule has 24 heavy (non-hydrogen) atoms. The number of methoxy groups -OCH3 is 1. The summed E-state index contributed by atoms with van der Waals surface area (Å²) in [6.07, 6.45) is 0. The Bertz CT molecular complexity index is 804. The third kappa shape index (κ3) is 3.49. The molecular formula is C16H15N3O5. The highest BCUT2D eigenvalue weighted by atomic mass is 16.6. The van der Waals surface area contributed by atoms with Gasteiger partial charge in [0, 0.05) is 13.1 Å². The zero-order valence-electron chi connectivity index (χ0n) is 13.0. The second-order valence-corrected chi connectivity index (χ2v) is 4.72. The fourth-order valence-electron chi connectivity index (χ4n) is 2.10. The molecule has 2 amide bonds. The fourth-order valence-corrected chi connectivity index (χ4v) is 2.10. The van der Waals surface area contributed by atoms with Gasteiger partial charge < -0.3 is 15.4 Å². The first-order valence-electron chi connectivity index (χ1n) is 6.92. The number of amides is 2. The molecule has 0 aliphatic carbocycles. The van der Waals surface area contributed by atoms with E-state index in [0.29, 0.717) is 5.75 Å². The maximum absolute atomic E-state index is 12.4. The summed E-state index contributed by atoms with van der Waals surface area (Å²) in [5.41, 5.74) is -0.00624. The average molecular weight is 329 g/mol. The second kappa shape index (κ2) is 7.23. The molecule has 2 rings (SSSR count). The van der Waals surface area contributed by atoms with Crippen LogP contribution < -0.4 is 15.4 Å². The summed E-state index contributed by atoms with van der Waals surface area (Å²) in [7, 11) is 2.91. The van der Waals surface area contributed by atoms with E-state index in [9.17, 15) is 19.7 Å². The molecule has 0 aliphatic rings. The van der Waals surface area contributed by atoms with Gasteiger partial charge in [0.1, 0.15) is 11.3 Å². The third-order valence-electron chi connectivity index (χ3n) is 3.29. The van der Waals surface area contributed by atoms with E-state index < -0.39 is 16.7 Å². The van der Waals surface area contributed by atoms with Crippen LogP contribution in [-0.4, -0.2) is 30.9 Å². The Labute approximate surface area is 137 Å². The van der Waals surface area contributed by atoms with Gasteiger partial charge in [-0.05, 0) is 24.3 Å². The van der Waals surface area contributed by atoms with Gasteiger partial charge in [-0.2, -0.15) is 0 Å². The molecule has 0 aromatic heterocycles. The monoisotopic (exact) mass is 329 g/mol. The number of nitro benzene ring substituents is 1. The quantitative estimate of drug-likeness (QED) is 0.645. The lowest BCUT2D eigenvalue weighted by atomic mass is 10.1. The lowest BCUT2D eigenvalue weighted by Crippen LogP contribution is -2.22. The van der Waals surface area contributed by atoms with Crippen LogP contribution in [0.5, 0.6) is 5.75 Å². The highest BCUT2D eigenvalue weighted by Crippen LogP contribution is 2.24. The summed E-state index contributed by atoms with van der Waals surface area (Å²) < 4.78 is 5.06. The normalized spacial score (nSPS) is 9.92. The van der Waals surface area contributed by atoms with Gasteiger partial charge in [-0.1, -0.05) is 12.1 Å². The van der Waals surface area contributed by atoms with Crippen molar-refractivity contribution >= 4 is 23.2 Å². The first-order chi connectivity index (χ1) is 11.5. The number of ether oxygens (including phenoxy) is 1. The van der Waals surface area contributed by atoms with Crippen LogP contribution in [0.15, 0.2) is 42.5 Å². The largest absolute Gasteiger partial charge is 0.497 e. The van der Waals surface area contributed by atoms with Crippen molar-refractivity contribution in [2.45, 2.75) is 0 Å². The number of nitrogens with one attached hydrogen (secondary N) is 2. The molecule has 0 bridgehead atoms. The van der Waals surface area contributed by atoms with Crippen molar-refractivity contribution < 1.29 is 19.2 Å². The van der Waals surface area contributed by atoms with Crippen LogP contribution in [0.1, 0.15) is 20.7 Å². The van der Waals surface area contributed by atoms with Crippen LogP contribution in [0.4, 0.5) is 11.4 Å². The molecular weight excluding hydrogens is 314 g/mol. The minimum atomic E-state index is -0.683. The summed E-state index contributed by atoms with van der Waals surface area (Å²) >= 11 is 0. The molecule has 0 heterocycles. The summed E-state index contributed by atoms with van der Waals surface area (Å²) in [5.74, 6) is -0.665. The summed E-state index contributed by atoms with van der Waals surface area (Å²) in [4.78, 5) is 34.7. The van der Waals surface area contributed by atoms with Gasteiger partial charge in [0.2, 0.25) is 0 Å². The minimum Gasteiger partial charge on any atom is -0.497 e. The number of nitro groups is 1. The van der Waals surface area contributed by atoms with Crippen LogP contribution in [-0.2, 0) is 0 Å². The van der Waals surface area contributed by atoms with Crippen LogP contribution in [0.3, 0.4) is 0 Å². The van der Waals surface area contributed by atoms with Crippen molar-refractivity contribution in [3.05, 3.63) is 63.7 Å². The topological polar surface area (TPSA) is 111 Å². The SMILES string of the molecule is CNC(=O)c1cc(OC)ccc1NC(=O)c1ccccc1[N+](=O)[O-]. The summed E-state index contributed by atoms with van der Waals surface area (Å²) in [6, 6.07) is 10.1. The Kier molecular flexibility index (Phi) is 5.10. The van der Waals surface area contributed by atoms with Gasteiger partial charge >= 0.3 is 0 Å². The maximum Gasteiger partial charge on any atom is 0.282 e. The predicted molar refractivity (Wildman–Crippen MR) is 87.4 cm³/mol. The van der Waals surface area contributed by atoms with Crippen molar-refractivity contribution in [2.24, 2.45) is 0 Å². The minimum absolute atomic E-state index is 0.0961. The van der Waals surface area contributed by atoms with E-state index in [0.717, 1.165) is 0 Å². The first kappa shape index (κ1) is 16.9. The number of para-hydroxylation sites is 1. The van der Waals surface area contributed by atoms with E-state index in [4.69, 9.17) is 4.74 Å². The van der Waals surface area contributed by atoms with E-state index in [2.05, 4.69) is 10.6 Å². The van der Waals surface area contributed by atoms with Crippen molar-refractivity contribution in [2.75, 3.05) is 19.5 Å². The molecule has 0 saturated heterocycles. The smallest absolute Gasteiger partial charge is 0.282 e. The molecule has 124 valence electrons. The first-order valence-corrected chi connectivity index (χ1v) is 6.92. The lowest BCUT2D eigenvalue weighted by molar-refractivity contribution is -0.385. The number of anilines is 1. The number of nitrogens with zero attached hydrogens (tertiary/aromatic N) is 1. The molecule has 0 unspecified atom stereocenters. The Morgan fingerprint density at radius 2 is 1.79 bits per heavy atom. The third-order valence-corrected chi connectivity index (χ3v) is 3.29. The maximum atomic E-state index is 12.4. The highest BCUT2D eigenvalue weighted by molar-refractivity contribution is 6.10. The van der Waals surface area contributed by atoms with Gasteiger partial charge in [-0.25, -0.2) is 0 Å². The molecule has 2 aromatic carbocycles. The molecule has 0 fully saturated rings. The van der Waals surface area contributed by atoms with Gasteiger partial charge in [0.15, 0.2) is 0 Å². The predicted octanol–water partition coefficient (Wildman–Crippen LogP) is 2.22. The molecule has 0 spiro atoms. The number of benzene rings is 2. The number of rotatable bonds is 5. The molecule has 2 aromatic rings. The molecule has 0 saturated carbocycles. The number of carbonyl (C=O) groups excluding carboxylic acids is 2. The molecule has 8 nitrogen and oxygen atoms in total. The Morgan fingerprint density at radius 1 is 1.08 bits per heavy atom. The lowest BCUT2D eigenvalue weighted by Gasteiger charge is -2.12. The molecule has 0 radical (unpaired) electrons. The van der Waals surface area contributed by atoms with E-state index in [-0.39, 0.29) is 22.5 Å². The Morgan fingerprint density at radius 3 is 2.42 bits per heavy atom. The van der Waals surface area contributed by atoms with E-state index in [1.54, 1.807) is 6.07 Å². The number of hydrogen-bond donors (Lipinski definition) is 2. The molecule has 8 heteroatoms.